The quantitative estimate of drug-likeness (QED) is 0.860. The Hall–Kier alpha value is -2.25. The lowest BCUT2D eigenvalue weighted by molar-refractivity contribution is -0.139. The minimum atomic E-state index is -4.49. The molecule has 1 N–H and O–H groups in total. The fourth-order valence-electron chi connectivity index (χ4n) is 1.80. The van der Waals surface area contributed by atoms with Crippen LogP contribution in [0.5, 0.6) is 5.75 Å². The molecule has 0 aliphatic carbocycles. The predicted molar refractivity (Wildman–Crippen MR) is 62.0 cm³/mol. The largest absolute Gasteiger partial charge is 0.486 e. The Balaban J connectivity index is 1.97. The molecule has 1 aromatic carbocycles. The first-order chi connectivity index (χ1) is 9.41. The molecule has 108 valence electrons. The van der Waals surface area contributed by atoms with Crippen molar-refractivity contribution in [2.45, 2.75) is 12.3 Å². The topological polar surface area (TPSA) is 58.6 Å². The van der Waals surface area contributed by atoms with Gasteiger partial charge in [-0.25, -0.2) is 4.79 Å². The van der Waals surface area contributed by atoms with Crippen LogP contribution in [0.3, 0.4) is 0 Å². The van der Waals surface area contributed by atoms with Gasteiger partial charge in [-0.3, -0.25) is 10.1 Å². The van der Waals surface area contributed by atoms with Gasteiger partial charge in [0.1, 0.15) is 11.9 Å². The minimum Gasteiger partial charge on any atom is -0.486 e. The molecule has 0 atom stereocenters. The van der Waals surface area contributed by atoms with Gasteiger partial charge in [-0.1, -0.05) is 12.1 Å². The predicted octanol–water partition coefficient (Wildman–Crippen LogP) is 1.63. The van der Waals surface area contributed by atoms with Gasteiger partial charge < -0.3 is 9.64 Å². The lowest BCUT2D eigenvalue weighted by Gasteiger charge is -2.38. The van der Waals surface area contributed by atoms with Crippen molar-refractivity contribution in [1.29, 1.82) is 0 Å². The van der Waals surface area contributed by atoms with E-state index in [-0.39, 0.29) is 25.2 Å². The van der Waals surface area contributed by atoms with Crippen molar-refractivity contribution in [3.63, 3.8) is 0 Å². The highest BCUT2D eigenvalue weighted by Crippen LogP contribution is 2.36. The molecule has 1 aromatic rings. The Morgan fingerprint density at radius 3 is 2.60 bits per heavy atom. The number of rotatable bonds is 3. The summed E-state index contributed by atoms with van der Waals surface area (Å²) in [6, 6.07) is 4.30. The van der Waals surface area contributed by atoms with Crippen LogP contribution in [0, 0.1) is 0 Å². The lowest BCUT2D eigenvalue weighted by Crippen LogP contribution is -2.58. The summed E-state index contributed by atoms with van der Waals surface area (Å²) in [5.41, 5.74) is -0.851. The van der Waals surface area contributed by atoms with Crippen LogP contribution in [0.25, 0.3) is 0 Å². The van der Waals surface area contributed by atoms with Crippen molar-refractivity contribution in [3.8, 4) is 5.75 Å². The van der Waals surface area contributed by atoms with Crippen molar-refractivity contribution in [2.24, 2.45) is 0 Å². The van der Waals surface area contributed by atoms with Gasteiger partial charge in [0.05, 0.1) is 18.7 Å². The van der Waals surface area contributed by atoms with Crippen molar-refractivity contribution >= 4 is 12.4 Å². The number of para-hydroxylation sites is 1. The average Bonchev–Trinajstić information content (AvgIpc) is 2.32. The number of benzene rings is 1. The molecule has 1 aliphatic heterocycles. The van der Waals surface area contributed by atoms with Gasteiger partial charge in [-0.15, -0.1) is 0 Å². The summed E-state index contributed by atoms with van der Waals surface area (Å²) in [7, 11) is 0. The highest BCUT2D eigenvalue weighted by atomic mass is 19.4. The Kier molecular flexibility index (Phi) is 3.82. The third kappa shape index (κ3) is 3.01. The zero-order valence-corrected chi connectivity index (χ0v) is 10.2. The van der Waals surface area contributed by atoms with Crippen LogP contribution in [0.2, 0.25) is 0 Å². The second kappa shape index (κ2) is 5.40. The number of hydrogen-bond acceptors (Lipinski definition) is 3. The van der Waals surface area contributed by atoms with Crippen LogP contribution in [0.4, 0.5) is 18.0 Å². The monoisotopic (exact) mass is 288 g/mol. The van der Waals surface area contributed by atoms with Crippen molar-refractivity contribution in [3.05, 3.63) is 29.8 Å². The van der Waals surface area contributed by atoms with Gasteiger partial charge >= 0.3 is 12.2 Å². The van der Waals surface area contributed by atoms with E-state index in [9.17, 15) is 22.8 Å². The molecular weight excluding hydrogens is 277 g/mol. The molecule has 1 heterocycles. The molecule has 0 saturated carbocycles. The van der Waals surface area contributed by atoms with Gasteiger partial charge in [0.25, 0.3) is 0 Å². The second-order valence-electron chi connectivity index (χ2n) is 4.21. The first kappa shape index (κ1) is 14.2. The zero-order chi connectivity index (χ0) is 14.8. The average molecular weight is 288 g/mol. The van der Waals surface area contributed by atoms with E-state index in [1.807, 2.05) is 5.32 Å². The molecule has 1 saturated heterocycles. The number of ether oxygens (including phenoxy) is 1. The molecule has 5 nitrogen and oxygen atoms in total. The van der Waals surface area contributed by atoms with Crippen molar-refractivity contribution in [1.82, 2.24) is 10.2 Å². The molecule has 3 amide bonds. The lowest BCUT2D eigenvalue weighted by atomic mass is 10.1. The first-order valence-electron chi connectivity index (χ1n) is 5.74. The summed E-state index contributed by atoms with van der Waals surface area (Å²) < 4.78 is 43.4. The Labute approximate surface area is 112 Å². The van der Waals surface area contributed by atoms with E-state index < -0.39 is 23.9 Å². The molecule has 0 radical (unpaired) electrons. The number of carbonyl (C=O) groups is 2. The summed E-state index contributed by atoms with van der Waals surface area (Å²) in [6.07, 6.45) is -4.76. The molecular formula is C12H11F3N2O3. The number of urea groups is 1. The van der Waals surface area contributed by atoms with E-state index in [1.54, 1.807) is 0 Å². The molecule has 1 aliphatic rings. The summed E-state index contributed by atoms with van der Waals surface area (Å²) in [4.78, 5) is 22.5. The van der Waals surface area contributed by atoms with Crippen LogP contribution < -0.4 is 10.1 Å². The summed E-state index contributed by atoms with van der Waals surface area (Å²) in [5, 5.41) is 1.94. The van der Waals surface area contributed by atoms with Crippen LogP contribution >= 0.6 is 0 Å². The number of imide groups is 1. The summed E-state index contributed by atoms with van der Waals surface area (Å²) >= 11 is 0. The zero-order valence-electron chi connectivity index (χ0n) is 10.2. The summed E-state index contributed by atoms with van der Waals surface area (Å²) in [5.74, 6) is -0.263. The maximum absolute atomic E-state index is 12.7. The first-order valence-corrected chi connectivity index (χ1v) is 5.74. The highest BCUT2D eigenvalue weighted by molar-refractivity contribution is 5.85. The Morgan fingerprint density at radius 1 is 1.35 bits per heavy atom. The van der Waals surface area contributed by atoms with Crippen LogP contribution in [-0.4, -0.2) is 36.5 Å². The number of nitrogens with one attached hydrogen (secondary N) is 1. The molecule has 0 bridgehead atoms. The van der Waals surface area contributed by atoms with E-state index in [4.69, 9.17) is 4.74 Å². The smallest absolute Gasteiger partial charge is 0.419 e. The van der Waals surface area contributed by atoms with Crippen LogP contribution in [0.1, 0.15) is 5.56 Å². The van der Waals surface area contributed by atoms with Crippen molar-refractivity contribution < 1.29 is 27.5 Å². The Bertz CT molecular complexity index is 513. The molecule has 0 spiro atoms. The molecule has 8 heteroatoms. The van der Waals surface area contributed by atoms with E-state index in [1.165, 1.54) is 23.1 Å². The normalized spacial score (nSPS) is 15.4. The van der Waals surface area contributed by atoms with Crippen LogP contribution in [0.15, 0.2) is 24.3 Å². The van der Waals surface area contributed by atoms with Crippen LogP contribution in [-0.2, 0) is 11.0 Å². The minimum absolute atomic E-state index is 0.131. The van der Waals surface area contributed by atoms with Gasteiger partial charge in [0.15, 0.2) is 0 Å². The molecule has 0 unspecified atom stereocenters. The SMILES string of the molecule is O=CNC(=O)N1CC(Oc2ccccc2C(F)(F)F)C1. The number of likely N-dealkylation sites (tertiary alicyclic amines) is 1. The highest BCUT2D eigenvalue weighted by Gasteiger charge is 2.37. The number of alkyl halides is 3. The number of amides is 3. The molecule has 1 fully saturated rings. The van der Waals surface area contributed by atoms with Gasteiger partial charge in [0.2, 0.25) is 6.41 Å². The maximum Gasteiger partial charge on any atom is 0.419 e. The van der Waals surface area contributed by atoms with E-state index >= 15 is 0 Å². The van der Waals surface area contributed by atoms with Gasteiger partial charge in [-0.2, -0.15) is 13.2 Å². The third-order valence-corrected chi connectivity index (χ3v) is 2.80. The molecule has 20 heavy (non-hydrogen) atoms. The second-order valence-corrected chi connectivity index (χ2v) is 4.21. The molecule has 2 rings (SSSR count). The number of hydrogen-bond donors (Lipinski definition) is 1. The fourth-order valence-corrected chi connectivity index (χ4v) is 1.80. The maximum atomic E-state index is 12.7. The van der Waals surface area contributed by atoms with Gasteiger partial charge in [0, 0.05) is 0 Å². The molecule has 0 aromatic heterocycles. The number of carbonyl (C=O) groups excluding carboxylic acids is 2. The van der Waals surface area contributed by atoms with Crippen molar-refractivity contribution in [2.75, 3.05) is 13.1 Å². The fraction of sp³-hybridized carbons (Fsp3) is 0.333. The van der Waals surface area contributed by atoms with Gasteiger partial charge in [-0.05, 0) is 12.1 Å². The number of halogens is 3. The Morgan fingerprint density at radius 2 is 2.00 bits per heavy atom. The summed E-state index contributed by atoms with van der Waals surface area (Å²) in [6.45, 7) is 0.262. The third-order valence-electron chi connectivity index (χ3n) is 2.80. The van der Waals surface area contributed by atoms with E-state index in [2.05, 4.69) is 0 Å². The van der Waals surface area contributed by atoms with E-state index in [0.717, 1.165) is 6.07 Å². The standard InChI is InChI=1S/C12H11F3N2O3/c13-12(14,15)9-3-1-2-4-10(9)20-8-5-17(6-8)11(19)16-7-18/h1-4,7-8H,5-6H2,(H,16,18,19). The number of nitrogens with zero attached hydrogens (tertiary/aromatic N) is 1. The van der Waals surface area contributed by atoms with E-state index in [0.29, 0.717) is 0 Å².